The third kappa shape index (κ3) is 3.76. The Morgan fingerprint density at radius 1 is 1.57 bits per heavy atom. The van der Waals surface area contributed by atoms with Crippen molar-refractivity contribution in [2.75, 3.05) is 12.4 Å². The van der Waals surface area contributed by atoms with Gasteiger partial charge >= 0.3 is 0 Å². The summed E-state index contributed by atoms with van der Waals surface area (Å²) in [5.74, 6) is 0.687. The van der Waals surface area contributed by atoms with E-state index in [1.165, 1.54) is 6.42 Å². The minimum atomic E-state index is 0.0784. The van der Waals surface area contributed by atoms with Gasteiger partial charge in [0, 0.05) is 18.5 Å². The Hall–Kier alpha value is 0.210. The van der Waals surface area contributed by atoms with E-state index in [0.29, 0.717) is 18.0 Å². The van der Waals surface area contributed by atoms with Crippen LogP contribution in [0.4, 0.5) is 0 Å². The fraction of sp³-hybridized carbons (Fsp3) is 1.00. The van der Waals surface area contributed by atoms with Gasteiger partial charge in [-0.2, -0.15) is 0 Å². The van der Waals surface area contributed by atoms with E-state index in [-0.39, 0.29) is 5.60 Å². The Kier molecular flexibility index (Phi) is 4.68. The van der Waals surface area contributed by atoms with E-state index in [4.69, 9.17) is 16.3 Å². The van der Waals surface area contributed by atoms with E-state index in [9.17, 15) is 0 Å². The Morgan fingerprint density at radius 2 is 2.29 bits per heavy atom. The van der Waals surface area contributed by atoms with Gasteiger partial charge in [0.2, 0.25) is 0 Å². The molecule has 0 amide bonds. The molecule has 0 radical (unpaired) electrons. The number of rotatable bonds is 5. The third-order valence-corrected chi connectivity index (χ3v) is 3.24. The van der Waals surface area contributed by atoms with Crippen molar-refractivity contribution < 1.29 is 4.74 Å². The second kappa shape index (κ2) is 5.34. The summed E-state index contributed by atoms with van der Waals surface area (Å²) in [6, 6.07) is 0.434. The first kappa shape index (κ1) is 12.3. The predicted octanol–water partition coefficient (Wildman–Crippen LogP) is 2.55. The predicted molar refractivity (Wildman–Crippen MR) is 61.0 cm³/mol. The smallest absolute Gasteiger partial charge is 0.0707 e. The van der Waals surface area contributed by atoms with Crippen molar-refractivity contribution in [3.8, 4) is 0 Å². The van der Waals surface area contributed by atoms with Gasteiger partial charge in [0.1, 0.15) is 0 Å². The van der Waals surface area contributed by atoms with E-state index in [1.807, 2.05) is 0 Å². The van der Waals surface area contributed by atoms with Crippen LogP contribution in [0.1, 0.15) is 40.0 Å². The summed E-state index contributed by atoms with van der Waals surface area (Å²) in [5.41, 5.74) is 0.0784. The molecule has 1 aliphatic heterocycles. The summed E-state index contributed by atoms with van der Waals surface area (Å²) in [4.78, 5) is 0. The van der Waals surface area contributed by atoms with Gasteiger partial charge in [-0.25, -0.2) is 0 Å². The van der Waals surface area contributed by atoms with Gasteiger partial charge < -0.3 is 10.1 Å². The first-order valence-electron chi connectivity index (χ1n) is 5.54. The lowest BCUT2D eigenvalue weighted by atomic mass is 10.1. The molecule has 2 nitrogen and oxygen atoms in total. The summed E-state index contributed by atoms with van der Waals surface area (Å²) >= 11 is 5.81. The molecule has 0 aromatic heterocycles. The SMILES string of the molecule is CCC(CCl)NCC1CCC(C)(C)O1. The number of ether oxygens (including phenoxy) is 1. The van der Waals surface area contributed by atoms with Crippen molar-refractivity contribution in [2.24, 2.45) is 0 Å². The van der Waals surface area contributed by atoms with Crippen LogP contribution in [0.25, 0.3) is 0 Å². The fourth-order valence-electron chi connectivity index (χ4n) is 1.83. The topological polar surface area (TPSA) is 21.3 Å². The highest BCUT2D eigenvalue weighted by Gasteiger charge is 2.31. The zero-order valence-corrected chi connectivity index (χ0v) is 10.2. The highest BCUT2D eigenvalue weighted by molar-refractivity contribution is 6.18. The van der Waals surface area contributed by atoms with Crippen LogP contribution in [0, 0.1) is 0 Å². The maximum atomic E-state index is 5.88. The van der Waals surface area contributed by atoms with Gasteiger partial charge in [-0.1, -0.05) is 6.92 Å². The molecule has 1 fully saturated rings. The zero-order chi connectivity index (χ0) is 10.6. The van der Waals surface area contributed by atoms with E-state index >= 15 is 0 Å². The van der Waals surface area contributed by atoms with E-state index in [2.05, 4.69) is 26.1 Å². The number of halogens is 1. The Balaban J connectivity index is 2.20. The molecule has 1 heterocycles. The second-order valence-corrected chi connectivity index (χ2v) is 5.01. The van der Waals surface area contributed by atoms with Crippen LogP contribution in [-0.2, 0) is 4.74 Å². The van der Waals surface area contributed by atoms with E-state index in [1.54, 1.807) is 0 Å². The molecule has 1 rings (SSSR count). The molecule has 0 spiro atoms. The van der Waals surface area contributed by atoms with Gasteiger partial charge in [-0.15, -0.1) is 11.6 Å². The molecule has 14 heavy (non-hydrogen) atoms. The maximum Gasteiger partial charge on any atom is 0.0707 e. The summed E-state index contributed by atoms with van der Waals surface area (Å²) in [5, 5.41) is 3.44. The molecule has 84 valence electrons. The summed E-state index contributed by atoms with van der Waals surface area (Å²) in [7, 11) is 0. The van der Waals surface area contributed by atoms with Crippen LogP contribution < -0.4 is 5.32 Å². The molecule has 1 N–H and O–H groups in total. The van der Waals surface area contributed by atoms with Crippen molar-refractivity contribution in [3.63, 3.8) is 0 Å². The van der Waals surface area contributed by atoms with E-state index < -0.39 is 0 Å². The van der Waals surface area contributed by atoms with Gasteiger partial charge in [0.15, 0.2) is 0 Å². The molecular formula is C11H22ClNO. The van der Waals surface area contributed by atoms with Crippen molar-refractivity contribution >= 4 is 11.6 Å². The molecule has 0 aliphatic carbocycles. The van der Waals surface area contributed by atoms with Crippen molar-refractivity contribution in [3.05, 3.63) is 0 Å². The average Bonchev–Trinajstić information content (AvgIpc) is 2.47. The highest BCUT2D eigenvalue weighted by atomic mass is 35.5. The lowest BCUT2D eigenvalue weighted by Crippen LogP contribution is -2.37. The molecule has 2 atom stereocenters. The minimum Gasteiger partial charge on any atom is -0.371 e. The zero-order valence-electron chi connectivity index (χ0n) is 9.48. The minimum absolute atomic E-state index is 0.0784. The maximum absolute atomic E-state index is 5.88. The van der Waals surface area contributed by atoms with Crippen LogP contribution in [0.2, 0.25) is 0 Å². The molecule has 0 saturated carbocycles. The summed E-state index contributed by atoms with van der Waals surface area (Å²) in [6.07, 6.45) is 3.79. The fourth-order valence-corrected chi connectivity index (χ4v) is 2.15. The van der Waals surface area contributed by atoms with Crippen LogP contribution in [-0.4, -0.2) is 30.2 Å². The number of alkyl halides is 1. The molecule has 3 heteroatoms. The standard InChI is InChI=1S/C11H22ClNO/c1-4-9(7-12)13-8-10-5-6-11(2,3)14-10/h9-10,13H,4-8H2,1-3H3. The van der Waals surface area contributed by atoms with Crippen molar-refractivity contribution in [2.45, 2.75) is 57.8 Å². The largest absolute Gasteiger partial charge is 0.371 e. The molecule has 0 bridgehead atoms. The Labute approximate surface area is 92.3 Å². The van der Waals surface area contributed by atoms with Gasteiger partial charge in [-0.3, -0.25) is 0 Å². The molecule has 0 aromatic carbocycles. The normalized spacial score (nSPS) is 27.9. The van der Waals surface area contributed by atoms with Crippen LogP contribution >= 0.6 is 11.6 Å². The lowest BCUT2D eigenvalue weighted by Gasteiger charge is -2.21. The molecular weight excluding hydrogens is 198 g/mol. The summed E-state index contributed by atoms with van der Waals surface area (Å²) < 4.78 is 5.88. The van der Waals surface area contributed by atoms with E-state index in [0.717, 1.165) is 19.4 Å². The van der Waals surface area contributed by atoms with Crippen molar-refractivity contribution in [1.82, 2.24) is 5.32 Å². The van der Waals surface area contributed by atoms with Gasteiger partial charge in [0.25, 0.3) is 0 Å². The van der Waals surface area contributed by atoms with Gasteiger partial charge in [0.05, 0.1) is 11.7 Å². The Bertz CT molecular complexity index is 169. The molecule has 1 aliphatic rings. The Morgan fingerprint density at radius 3 is 2.71 bits per heavy atom. The number of nitrogens with one attached hydrogen (secondary N) is 1. The van der Waals surface area contributed by atoms with Crippen molar-refractivity contribution in [1.29, 1.82) is 0 Å². The third-order valence-electron chi connectivity index (χ3n) is 2.87. The second-order valence-electron chi connectivity index (χ2n) is 4.71. The first-order chi connectivity index (χ1) is 6.57. The molecule has 1 saturated heterocycles. The molecule has 0 aromatic rings. The number of hydrogen-bond acceptors (Lipinski definition) is 2. The lowest BCUT2D eigenvalue weighted by molar-refractivity contribution is -0.0149. The highest BCUT2D eigenvalue weighted by Crippen LogP contribution is 2.28. The number of hydrogen-bond donors (Lipinski definition) is 1. The van der Waals surface area contributed by atoms with Crippen LogP contribution in [0.5, 0.6) is 0 Å². The van der Waals surface area contributed by atoms with Gasteiger partial charge in [-0.05, 0) is 33.1 Å². The van der Waals surface area contributed by atoms with Crippen LogP contribution in [0.15, 0.2) is 0 Å². The quantitative estimate of drug-likeness (QED) is 0.718. The monoisotopic (exact) mass is 219 g/mol. The molecule has 2 unspecified atom stereocenters. The summed E-state index contributed by atoms with van der Waals surface area (Å²) in [6.45, 7) is 7.41. The average molecular weight is 220 g/mol. The van der Waals surface area contributed by atoms with Crippen LogP contribution in [0.3, 0.4) is 0 Å². The first-order valence-corrected chi connectivity index (χ1v) is 6.08.